The van der Waals surface area contributed by atoms with Crippen molar-refractivity contribution in [3.63, 3.8) is 0 Å². The van der Waals surface area contributed by atoms with Gasteiger partial charge < -0.3 is 20.1 Å². The summed E-state index contributed by atoms with van der Waals surface area (Å²) < 4.78 is 10.3. The molecule has 6 nitrogen and oxygen atoms in total. The van der Waals surface area contributed by atoms with Crippen LogP contribution in [0.25, 0.3) is 0 Å². The number of ether oxygens (including phenoxy) is 2. The van der Waals surface area contributed by atoms with Crippen LogP contribution in [0, 0.1) is 5.41 Å². The lowest BCUT2D eigenvalue weighted by molar-refractivity contribution is -0.152. The number of hydrogen-bond acceptors (Lipinski definition) is 5. The molecule has 1 aliphatic rings. The third-order valence-electron chi connectivity index (χ3n) is 2.69. The largest absolute Gasteiger partial charge is 0.468 e. The molecule has 2 N–H and O–H groups in total. The molecule has 0 aromatic heterocycles. The molecule has 0 bridgehead atoms. The Morgan fingerprint density at radius 1 is 1.32 bits per heavy atom. The molecule has 1 aliphatic heterocycles. The van der Waals surface area contributed by atoms with Gasteiger partial charge >= 0.3 is 5.97 Å². The van der Waals surface area contributed by atoms with E-state index in [4.69, 9.17) is 10.5 Å². The van der Waals surface area contributed by atoms with Crippen molar-refractivity contribution >= 4 is 43.7 Å². The molecule has 0 saturated heterocycles. The van der Waals surface area contributed by atoms with Crippen LogP contribution in [0.1, 0.15) is 0 Å². The topological polar surface area (TPSA) is 81.9 Å². The summed E-state index contributed by atoms with van der Waals surface area (Å²) in [6.07, 6.45) is 3.21. The van der Waals surface area contributed by atoms with E-state index in [0.29, 0.717) is 22.1 Å². The van der Waals surface area contributed by atoms with Gasteiger partial charge in [0.15, 0.2) is 0 Å². The van der Waals surface area contributed by atoms with Crippen molar-refractivity contribution in [1.29, 1.82) is 0 Å². The molecule has 1 rings (SSSR count). The third-order valence-corrected chi connectivity index (χ3v) is 4.29. The van der Waals surface area contributed by atoms with Crippen LogP contribution in [0.15, 0.2) is 21.4 Å². The number of hydrogen-bond donors (Lipinski definition) is 1. The fourth-order valence-corrected chi connectivity index (χ4v) is 3.58. The van der Waals surface area contributed by atoms with E-state index in [1.807, 2.05) is 0 Å². The first-order valence-corrected chi connectivity index (χ1v) is 6.88. The predicted molar refractivity (Wildman–Crippen MR) is 76.2 cm³/mol. The van der Waals surface area contributed by atoms with E-state index in [9.17, 15) is 9.59 Å². The lowest BCUT2D eigenvalue weighted by atomic mass is 9.85. The molecule has 0 atom stereocenters. The van der Waals surface area contributed by atoms with Crippen LogP contribution in [0.3, 0.4) is 0 Å². The van der Waals surface area contributed by atoms with Crippen LogP contribution in [0.4, 0.5) is 0 Å². The molecule has 8 heteroatoms. The van der Waals surface area contributed by atoms with E-state index >= 15 is 0 Å². The molecule has 1 amide bonds. The number of carbonyl (C=O) groups is 2. The van der Waals surface area contributed by atoms with Gasteiger partial charge in [-0.15, -0.1) is 0 Å². The standard InChI is InChI=1S/C11H14Br2N2O4/c1-18-4-3-15-5-7(12)11(9(14)16,8(13)6-15)10(17)19-2/h5-6H,3-4H2,1-2H3,(H2,14,16). The van der Waals surface area contributed by atoms with Crippen molar-refractivity contribution in [2.75, 3.05) is 27.4 Å². The SMILES string of the molecule is COCCN1C=C(Br)C(C(N)=O)(C(=O)OC)C(Br)=C1. The Kier molecular flexibility index (Phi) is 5.57. The predicted octanol–water partition coefficient (Wildman–Crippen LogP) is 1.07. The smallest absolute Gasteiger partial charge is 0.331 e. The number of rotatable bonds is 5. The van der Waals surface area contributed by atoms with E-state index < -0.39 is 17.3 Å². The van der Waals surface area contributed by atoms with Crippen molar-refractivity contribution in [1.82, 2.24) is 4.90 Å². The fourth-order valence-electron chi connectivity index (χ4n) is 1.65. The summed E-state index contributed by atoms with van der Waals surface area (Å²) >= 11 is 6.47. The highest BCUT2D eigenvalue weighted by Gasteiger charge is 2.53. The number of halogens is 2. The van der Waals surface area contributed by atoms with E-state index in [-0.39, 0.29) is 0 Å². The monoisotopic (exact) mass is 396 g/mol. The summed E-state index contributed by atoms with van der Waals surface area (Å²) in [4.78, 5) is 25.5. The zero-order valence-corrected chi connectivity index (χ0v) is 13.7. The Hall–Kier alpha value is -0.860. The quantitative estimate of drug-likeness (QED) is 0.554. The molecule has 0 radical (unpaired) electrons. The molecule has 19 heavy (non-hydrogen) atoms. The van der Waals surface area contributed by atoms with Gasteiger partial charge in [-0.1, -0.05) is 31.9 Å². The zero-order valence-electron chi connectivity index (χ0n) is 10.5. The molecule has 0 saturated carbocycles. The molecule has 106 valence electrons. The van der Waals surface area contributed by atoms with Crippen molar-refractivity contribution in [3.8, 4) is 0 Å². The maximum atomic E-state index is 12.0. The maximum absolute atomic E-state index is 12.0. The molecular formula is C11H14Br2N2O4. The van der Waals surface area contributed by atoms with Gasteiger partial charge in [-0.25, -0.2) is 0 Å². The Labute approximate surface area is 127 Å². The van der Waals surface area contributed by atoms with Crippen LogP contribution in [-0.2, 0) is 19.1 Å². The van der Waals surface area contributed by atoms with E-state index in [1.165, 1.54) is 7.11 Å². The van der Waals surface area contributed by atoms with Crippen LogP contribution in [0.2, 0.25) is 0 Å². The van der Waals surface area contributed by atoms with E-state index in [2.05, 4.69) is 36.6 Å². The zero-order chi connectivity index (χ0) is 14.6. The van der Waals surface area contributed by atoms with Gasteiger partial charge in [-0.3, -0.25) is 9.59 Å². The van der Waals surface area contributed by atoms with Crippen molar-refractivity contribution in [3.05, 3.63) is 21.4 Å². The first kappa shape index (κ1) is 16.2. The second kappa shape index (κ2) is 6.53. The number of primary amides is 1. The number of amides is 1. The highest BCUT2D eigenvalue weighted by atomic mass is 79.9. The summed E-state index contributed by atoms with van der Waals surface area (Å²) in [5.41, 5.74) is 3.71. The van der Waals surface area contributed by atoms with Crippen LogP contribution < -0.4 is 5.73 Å². The Bertz CT molecular complexity index is 428. The average molecular weight is 398 g/mol. The molecular weight excluding hydrogens is 384 g/mol. The van der Waals surface area contributed by atoms with Gasteiger partial charge in [0.1, 0.15) is 0 Å². The van der Waals surface area contributed by atoms with Crippen LogP contribution in [0.5, 0.6) is 0 Å². The van der Waals surface area contributed by atoms with Gasteiger partial charge in [0.2, 0.25) is 11.3 Å². The lowest BCUT2D eigenvalue weighted by Gasteiger charge is -2.33. The van der Waals surface area contributed by atoms with Gasteiger partial charge in [0.25, 0.3) is 0 Å². The minimum absolute atomic E-state index is 0.310. The minimum Gasteiger partial charge on any atom is -0.468 e. The Morgan fingerprint density at radius 3 is 2.21 bits per heavy atom. The molecule has 0 aromatic carbocycles. The molecule has 0 spiro atoms. The lowest BCUT2D eigenvalue weighted by Crippen LogP contribution is -2.47. The number of carbonyl (C=O) groups excluding carboxylic acids is 2. The van der Waals surface area contributed by atoms with Crippen molar-refractivity contribution in [2.24, 2.45) is 11.1 Å². The fraction of sp³-hybridized carbons (Fsp3) is 0.455. The van der Waals surface area contributed by atoms with Crippen LogP contribution in [-0.4, -0.2) is 44.1 Å². The van der Waals surface area contributed by atoms with E-state index in [1.54, 1.807) is 24.4 Å². The van der Waals surface area contributed by atoms with Gasteiger partial charge in [-0.2, -0.15) is 0 Å². The van der Waals surface area contributed by atoms with Gasteiger partial charge in [0.05, 0.1) is 13.7 Å². The van der Waals surface area contributed by atoms with Gasteiger partial charge in [-0.05, 0) is 0 Å². The van der Waals surface area contributed by atoms with Gasteiger partial charge in [0, 0.05) is 35.0 Å². The molecule has 0 unspecified atom stereocenters. The number of nitrogens with two attached hydrogens (primary N) is 1. The van der Waals surface area contributed by atoms with E-state index in [0.717, 1.165) is 0 Å². The summed E-state index contributed by atoms with van der Waals surface area (Å²) in [6, 6.07) is 0. The summed E-state index contributed by atoms with van der Waals surface area (Å²) in [7, 11) is 2.79. The summed E-state index contributed by atoms with van der Waals surface area (Å²) in [5, 5.41) is 0. The highest BCUT2D eigenvalue weighted by molar-refractivity contribution is 9.12. The number of methoxy groups -OCH3 is 2. The Morgan fingerprint density at radius 2 is 1.84 bits per heavy atom. The van der Waals surface area contributed by atoms with Crippen molar-refractivity contribution in [2.45, 2.75) is 0 Å². The second-order valence-corrected chi connectivity index (χ2v) is 5.50. The first-order chi connectivity index (χ1) is 8.91. The summed E-state index contributed by atoms with van der Waals surface area (Å²) in [6.45, 7) is 1.06. The maximum Gasteiger partial charge on any atom is 0.331 e. The molecule has 0 aromatic rings. The highest BCUT2D eigenvalue weighted by Crippen LogP contribution is 2.46. The number of nitrogens with zero attached hydrogens (tertiary/aromatic N) is 1. The normalized spacial score (nSPS) is 17.6. The van der Waals surface area contributed by atoms with Crippen molar-refractivity contribution < 1.29 is 19.1 Å². The average Bonchev–Trinajstić information content (AvgIpc) is 2.35. The Balaban J connectivity index is 3.19. The molecule has 1 heterocycles. The second-order valence-electron chi connectivity index (χ2n) is 3.79. The molecule has 0 fully saturated rings. The first-order valence-electron chi connectivity index (χ1n) is 5.29. The third kappa shape index (κ3) is 2.85. The summed E-state index contributed by atoms with van der Waals surface area (Å²) in [5.74, 6) is -1.57. The number of esters is 1. The van der Waals surface area contributed by atoms with Crippen LogP contribution >= 0.6 is 31.9 Å². The minimum atomic E-state index is -1.67. The molecule has 0 aliphatic carbocycles.